The van der Waals surface area contributed by atoms with Crippen molar-refractivity contribution in [2.75, 3.05) is 0 Å². The van der Waals surface area contributed by atoms with Crippen molar-refractivity contribution in [2.45, 2.75) is 90.8 Å². The Balaban J connectivity index is 3.11. The van der Waals surface area contributed by atoms with E-state index >= 15 is 0 Å². The van der Waals surface area contributed by atoms with Gasteiger partial charge in [-0.05, 0) is 12.8 Å². The molecule has 0 fully saturated rings. The van der Waals surface area contributed by atoms with Crippen LogP contribution in [0, 0.1) is 0 Å². The minimum absolute atomic E-state index is 0.932. The molecule has 0 N–H and O–H groups in total. The van der Waals surface area contributed by atoms with Crippen LogP contribution in [0.25, 0.3) is 0 Å². The largest absolute Gasteiger partial charge is 0.0989 e. The predicted octanol–water partition coefficient (Wildman–Crippen LogP) is 6.34. The lowest BCUT2D eigenvalue weighted by atomic mass is 10.1. The molecule has 0 unspecified atom stereocenters. The first-order valence-corrected chi connectivity index (χ1v) is 11.3. The molecule has 0 nitrogen and oxygen atoms in total. The van der Waals surface area contributed by atoms with Crippen molar-refractivity contribution >= 4 is 8.07 Å². The summed E-state index contributed by atoms with van der Waals surface area (Å²) in [4.78, 5) is 0. The lowest BCUT2D eigenvalue weighted by molar-refractivity contribution is 0.566. The summed E-state index contributed by atoms with van der Waals surface area (Å²) in [5, 5.41) is 0. The quantitative estimate of drug-likeness (QED) is 0.298. The van der Waals surface area contributed by atoms with Crippen molar-refractivity contribution < 1.29 is 0 Å². The lowest BCUT2D eigenvalue weighted by Gasteiger charge is -2.07. The fraction of sp³-hybridized carbons (Fsp3) is 0.875. The Morgan fingerprint density at radius 1 is 0.706 bits per heavy atom. The summed E-state index contributed by atoms with van der Waals surface area (Å²) in [6.45, 7) is 9.49. The molecule has 0 aliphatic rings. The van der Waals surface area contributed by atoms with E-state index in [4.69, 9.17) is 0 Å². The zero-order valence-electron chi connectivity index (χ0n) is 12.7. The van der Waals surface area contributed by atoms with Gasteiger partial charge in [0.25, 0.3) is 0 Å². The smallest absolute Gasteiger partial charge is 0.0682 e. The molecule has 0 spiro atoms. The van der Waals surface area contributed by atoms with Crippen LogP contribution in [0.15, 0.2) is 11.8 Å². The van der Waals surface area contributed by atoms with E-state index in [1.165, 1.54) is 64.2 Å². The van der Waals surface area contributed by atoms with Crippen molar-refractivity contribution in [3.8, 4) is 0 Å². The van der Waals surface area contributed by atoms with E-state index in [1.54, 1.807) is 0 Å². The van der Waals surface area contributed by atoms with Gasteiger partial charge in [0, 0.05) is 0 Å². The van der Waals surface area contributed by atoms with Crippen LogP contribution < -0.4 is 0 Å². The van der Waals surface area contributed by atoms with E-state index in [-0.39, 0.29) is 0 Å². The molecule has 17 heavy (non-hydrogen) atoms. The molecule has 0 amide bonds. The van der Waals surface area contributed by atoms with E-state index in [2.05, 4.69) is 38.3 Å². The fourth-order valence-electron chi connectivity index (χ4n) is 2.01. The topological polar surface area (TPSA) is 0 Å². The Morgan fingerprint density at radius 3 is 1.65 bits per heavy atom. The molecule has 0 bridgehead atoms. The van der Waals surface area contributed by atoms with Gasteiger partial charge in [-0.3, -0.25) is 0 Å². The van der Waals surface area contributed by atoms with Crippen LogP contribution in [-0.4, -0.2) is 8.07 Å². The van der Waals surface area contributed by atoms with Gasteiger partial charge in [0.1, 0.15) is 0 Å². The minimum Gasteiger partial charge on any atom is -0.0989 e. The van der Waals surface area contributed by atoms with Crippen molar-refractivity contribution in [3.05, 3.63) is 11.8 Å². The third kappa shape index (κ3) is 16.0. The minimum atomic E-state index is -0.932. The van der Waals surface area contributed by atoms with Crippen molar-refractivity contribution in [1.82, 2.24) is 0 Å². The van der Waals surface area contributed by atoms with Gasteiger partial charge in [-0.2, -0.15) is 0 Å². The fourth-order valence-corrected chi connectivity index (χ4v) is 2.88. The maximum atomic E-state index is 2.48. The highest BCUT2D eigenvalue weighted by molar-refractivity contribution is 6.80. The summed E-state index contributed by atoms with van der Waals surface area (Å²) in [6.07, 6.45) is 16.6. The highest BCUT2D eigenvalue weighted by Gasteiger charge is 2.05. The molecule has 102 valence electrons. The number of rotatable bonds is 11. The highest BCUT2D eigenvalue weighted by atomic mass is 28.3. The van der Waals surface area contributed by atoms with Crippen LogP contribution in [0.1, 0.15) is 71.1 Å². The van der Waals surface area contributed by atoms with Gasteiger partial charge in [-0.1, -0.05) is 89.7 Å². The summed E-state index contributed by atoms with van der Waals surface area (Å²) in [7, 11) is -0.932. The van der Waals surface area contributed by atoms with Crippen molar-refractivity contribution in [3.63, 3.8) is 0 Å². The molecule has 0 aromatic heterocycles. The summed E-state index contributed by atoms with van der Waals surface area (Å²) in [6, 6.07) is 0. The average molecular weight is 255 g/mol. The van der Waals surface area contributed by atoms with Gasteiger partial charge in [0.05, 0.1) is 8.07 Å². The summed E-state index contributed by atoms with van der Waals surface area (Å²) >= 11 is 0. The molecular formula is C16H34Si. The van der Waals surface area contributed by atoms with Crippen LogP contribution in [0.5, 0.6) is 0 Å². The average Bonchev–Trinajstić information content (AvgIpc) is 2.24. The molecule has 1 heteroatoms. The Morgan fingerprint density at radius 2 is 1.18 bits per heavy atom. The Kier molecular flexibility index (Phi) is 11.0. The summed E-state index contributed by atoms with van der Waals surface area (Å²) in [5.41, 5.74) is 2.48. The van der Waals surface area contributed by atoms with E-state index in [9.17, 15) is 0 Å². The Bertz CT molecular complexity index is 176. The number of hydrogen-bond donors (Lipinski definition) is 0. The van der Waals surface area contributed by atoms with E-state index in [1.807, 2.05) is 0 Å². The molecule has 0 aliphatic carbocycles. The Hall–Kier alpha value is -0.0431. The van der Waals surface area contributed by atoms with E-state index < -0.39 is 8.07 Å². The van der Waals surface area contributed by atoms with E-state index in [0.29, 0.717) is 0 Å². The number of allylic oxidation sites excluding steroid dienone is 1. The highest BCUT2D eigenvalue weighted by Crippen LogP contribution is 2.11. The monoisotopic (exact) mass is 254 g/mol. The summed E-state index contributed by atoms with van der Waals surface area (Å²) < 4.78 is 0. The van der Waals surface area contributed by atoms with Gasteiger partial charge >= 0.3 is 0 Å². The molecule has 0 aliphatic heterocycles. The van der Waals surface area contributed by atoms with Crippen LogP contribution in [-0.2, 0) is 0 Å². The van der Waals surface area contributed by atoms with Gasteiger partial charge in [0.2, 0.25) is 0 Å². The standard InChI is InChI=1S/C16H34Si/c1-5-6-7-8-9-10-11-12-13-14-15-16-17(2,3)4/h15-16H,5-14H2,1-4H3/b16-15+. The third-order valence-corrected chi connectivity index (χ3v) is 4.33. The second kappa shape index (κ2) is 11.1. The lowest BCUT2D eigenvalue weighted by Crippen LogP contribution is -2.15. The molecular weight excluding hydrogens is 220 g/mol. The molecule has 0 saturated heterocycles. The molecule has 0 saturated carbocycles. The Labute approximate surface area is 111 Å². The maximum Gasteiger partial charge on any atom is 0.0682 e. The molecule has 0 aromatic rings. The van der Waals surface area contributed by atoms with Crippen LogP contribution in [0.2, 0.25) is 19.6 Å². The van der Waals surface area contributed by atoms with Gasteiger partial charge in [-0.15, -0.1) is 0 Å². The first-order valence-electron chi connectivity index (χ1n) is 7.74. The number of hydrogen-bond acceptors (Lipinski definition) is 0. The summed E-state index contributed by atoms with van der Waals surface area (Å²) in [5.74, 6) is 0. The van der Waals surface area contributed by atoms with Gasteiger partial charge < -0.3 is 0 Å². The molecule has 0 atom stereocenters. The van der Waals surface area contributed by atoms with Crippen LogP contribution in [0.4, 0.5) is 0 Å². The third-order valence-electron chi connectivity index (χ3n) is 3.09. The first kappa shape index (κ1) is 17.0. The maximum absolute atomic E-state index is 2.48. The number of unbranched alkanes of at least 4 members (excludes halogenated alkanes) is 9. The zero-order valence-corrected chi connectivity index (χ0v) is 13.7. The molecule has 0 aromatic carbocycles. The molecule has 0 radical (unpaired) electrons. The molecule has 0 rings (SSSR count). The van der Waals surface area contributed by atoms with Crippen LogP contribution in [0.3, 0.4) is 0 Å². The van der Waals surface area contributed by atoms with Crippen molar-refractivity contribution in [1.29, 1.82) is 0 Å². The van der Waals surface area contributed by atoms with Gasteiger partial charge in [-0.25, -0.2) is 0 Å². The second-order valence-electron chi connectivity index (χ2n) is 6.39. The SMILES string of the molecule is CCCCCCCCCCC/C=C/[Si](C)(C)C. The predicted molar refractivity (Wildman–Crippen MR) is 84.3 cm³/mol. The van der Waals surface area contributed by atoms with Crippen LogP contribution >= 0.6 is 0 Å². The van der Waals surface area contributed by atoms with Gasteiger partial charge in [0.15, 0.2) is 0 Å². The van der Waals surface area contributed by atoms with Crippen molar-refractivity contribution in [2.24, 2.45) is 0 Å². The normalized spacial score (nSPS) is 12.5. The second-order valence-corrected chi connectivity index (χ2v) is 11.5. The van der Waals surface area contributed by atoms with E-state index in [0.717, 1.165) is 0 Å². The molecule has 0 heterocycles. The first-order chi connectivity index (χ1) is 8.06. The zero-order chi connectivity index (χ0) is 13.0.